The fourth-order valence-corrected chi connectivity index (χ4v) is 3.53. The summed E-state index contributed by atoms with van der Waals surface area (Å²) in [5.74, 6) is -0.274. The number of unbranched alkanes of at least 4 members (excludes halogenated alkanes) is 1. The van der Waals surface area contributed by atoms with Crippen molar-refractivity contribution in [3.05, 3.63) is 36.0 Å². The third-order valence-corrected chi connectivity index (χ3v) is 4.92. The van der Waals surface area contributed by atoms with E-state index in [0.29, 0.717) is 11.6 Å². The summed E-state index contributed by atoms with van der Waals surface area (Å²) in [6, 6.07) is 8.50. The molecule has 1 aromatic carbocycles. The lowest BCUT2D eigenvalue weighted by Gasteiger charge is -2.33. The van der Waals surface area contributed by atoms with Crippen LogP contribution in [0, 0.1) is 0 Å². The quantitative estimate of drug-likeness (QED) is 0.786. The van der Waals surface area contributed by atoms with E-state index in [-0.39, 0.29) is 5.97 Å². The molecule has 1 aromatic heterocycles. The number of rotatable bonds is 5. The van der Waals surface area contributed by atoms with E-state index >= 15 is 0 Å². The van der Waals surface area contributed by atoms with Crippen molar-refractivity contribution in [1.29, 1.82) is 0 Å². The molecule has 2 aromatic rings. The minimum Gasteiger partial charge on any atom is -0.465 e. The van der Waals surface area contributed by atoms with Gasteiger partial charge in [0.1, 0.15) is 0 Å². The van der Waals surface area contributed by atoms with Gasteiger partial charge in [-0.05, 0) is 50.1 Å². The van der Waals surface area contributed by atoms with Crippen molar-refractivity contribution < 1.29 is 9.53 Å². The molecule has 0 amide bonds. The summed E-state index contributed by atoms with van der Waals surface area (Å²) in [5.41, 5.74) is 1.83. The first-order valence-electron chi connectivity index (χ1n) is 8.64. The molecule has 2 heterocycles. The first-order chi connectivity index (χ1) is 11.2. The Kier molecular flexibility index (Phi) is 5.01. The third-order valence-electron chi connectivity index (χ3n) is 4.92. The standard InChI is InChI=1S/C19H26N2O2/c1-3-4-10-20-11-8-17(9-12-20)21-13-7-15-14-16(19(22)23-2)5-6-18(15)21/h5-7,13-14,17H,3-4,8-12H2,1-2H3. The Morgan fingerprint density at radius 3 is 2.74 bits per heavy atom. The smallest absolute Gasteiger partial charge is 0.337 e. The van der Waals surface area contributed by atoms with E-state index in [1.807, 2.05) is 18.2 Å². The molecule has 0 aliphatic carbocycles. The van der Waals surface area contributed by atoms with E-state index in [1.54, 1.807) is 0 Å². The molecule has 124 valence electrons. The van der Waals surface area contributed by atoms with Crippen LogP contribution in [0.25, 0.3) is 10.9 Å². The van der Waals surface area contributed by atoms with Crippen LogP contribution < -0.4 is 0 Å². The molecule has 0 spiro atoms. The van der Waals surface area contributed by atoms with Gasteiger partial charge in [0.15, 0.2) is 0 Å². The summed E-state index contributed by atoms with van der Waals surface area (Å²) in [4.78, 5) is 14.2. The maximum Gasteiger partial charge on any atom is 0.337 e. The Morgan fingerprint density at radius 1 is 1.26 bits per heavy atom. The molecule has 1 saturated heterocycles. The van der Waals surface area contributed by atoms with Gasteiger partial charge in [-0.2, -0.15) is 0 Å². The summed E-state index contributed by atoms with van der Waals surface area (Å²) in [7, 11) is 1.42. The number of nitrogens with zero attached hydrogens (tertiary/aromatic N) is 2. The van der Waals surface area contributed by atoms with Crippen LogP contribution in [-0.4, -0.2) is 42.2 Å². The molecule has 3 rings (SSSR count). The average molecular weight is 314 g/mol. The fourth-order valence-electron chi connectivity index (χ4n) is 3.53. The number of aromatic nitrogens is 1. The molecule has 0 atom stereocenters. The number of carbonyl (C=O) groups is 1. The van der Waals surface area contributed by atoms with Crippen LogP contribution in [0.1, 0.15) is 49.0 Å². The number of benzene rings is 1. The summed E-state index contributed by atoms with van der Waals surface area (Å²) >= 11 is 0. The summed E-state index contributed by atoms with van der Waals surface area (Å²) in [6.45, 7) is 5.86. The maximum absolute atomic E-state index is 11.7. The van der Waals surface area contributed by atoms with Crippen molar-refractivity contribution in [2.75, 3.05) is 26.7 Å². The van der Waals surface area contributed by atoms with Gasteiger partial charge >= 0.3 is 5.97 Å². The Hall–Kier alpha value is -1.81. The van der Waals surface area contributed by atoms with Gasteiger partial charge in [-0.25, -0.2) is 4.79 Å². The predicted molar refractivity (Wildman–Crippen MR) is 92.9 cm³/mol. The van der Waals surface area contributed by atoms with Crippen molar-refractivity contribution in [2.45, 2.75) is 38.6 Å². The summed E-state index contributed by atoms with van der Waals surface area (Å²) in [5, 5.41) is 1.11. The first-order valence-corrected chi connectivity index (χ1v) is 8.64. The van der Waals surface area contributed by atoms with Gasteiger partial charge in [-0.3, -0.25) is 0 Å². The summed E-state index contributed by atoms with van der Waals surface area (Å²) < 4.78 is 7.18. The molecule has 4 nitrogen and oxygen atoms in total. The molecule has 0 N–H and O–H groups in total. The zero-order chi connectivity index (χ0) is 16.2. The number of likely N-dealkylation sites (tertiary alicyclic amines) is 1. The van der Waals surface area contributed by atoms with Gasteiger partial charge in [0, 0.05) is 36.2 Å². The van der Waals surface area contributed by atoms with Crippen molar-refractivity contribution >= 4 is 16.9 Å². The van der Waals surface area contributed by atoms with Gasteiger partial charge < -0.3 is 14.2 Å². The second kappa shape index (κ2) is 7.18. The highest BCUT2D eigenvalue weighted by molar-refractivity contribution is 5.94. The Bertz CT molecular complexity index is 669. The van der Waals surface area contributed by atoms with E-state index in [0.717, 1.165) is 5.39 Å². The molecule has 1 aliphatic heterocycles. The van der Waals surface area contributed by atoms with Crippen LogP contribution in [0.5, 0.6) is 0 Å². The number of carbonyl (C=O) groups excluding carboxylic acids is 1. The number of esters is 1. The van der Waals surface area contributed by atoms with E-state index in [1.165, 1.54) is 57.9 Å². The second-order valence-electron chi connectivity index (χ2n) is 6.41. The lowest BCUT2D eigenvalue weighted by atomic mass is 10.0. The largest absolute Gasteiger partial charge is 0.465 e. The number of ether oxygens (including phenoxy) is 1. The number of piperidine rings is 1. The number of hydrogen-bond acceptors (Lipinski definition) is 3. The zero-order valence-electron chi connectivity index (χ0n) is 14.1. The molecule has 0 saturated carbocycles. The zero-order valence-corrected chi connectivity index (χ0v) is 14.1. The molecule has 23 heavy (non-hydrogen) atoms. The molecule has 1 aliphatic rings. The van der Waals surface area contributed by atoms with Crippen LogP contribution in [-0.2, 0) is 4.74 Å². The van der Waals surface area contributed by atoms with Crippen molar-refractivity contribution in [1.82, 2.24) is 9.47 Å². The lowest BCUT2D eigenvalue weighted by Crippen LogP contribution is -2.35. The highest BCUT2D eigenvalue weighted by Crippen LogP contribution is 2.28. The van der Waals surface area contributed by atoms with Gasteiger partial charge in [0.2, 0.25) is 0 Å². The molecule has 0 bridgehead atoms. The monoisotopic (exact) mass is 314 g/mol. The minimum atomic E-state index is -0.274. The van der Waals surface area contributed by atoms with Gasteiger partial charge in [0.05, 0.1) is 12.7 Å². The Labute approximate surface area is 138 Å². The van der Waals surface area contributed by atoms with Crippen molar-refractivity contribution in [3.8, 4) is 0 Å². The van der Waals surface area contributed by atoms with Crippen LogP contribution in [0.2, 0.25) is 0 Å². The Balaban J connectivity index is 1.73. The summed E-state index contributed by atoms with van der Waals surface area (Å²) in [6.07, 6.45) is 7.13. The number of hydrogen-bond donors (Lipinski definition) is 0. The van der Waals surface area contributed by atoms with Crippen LogP contribution in [0.4, 0.5) is 0 Å². The highest BCUT2D eigenvalue weighted by Gasteiger charge is 2.21. The number of fused-ring (bicyclic) bond motifs is 1. The minimum absolute atomic E-state index is 0.274. The molecule has 1 fully saturated rings. The van der Waals surface area contributed by atoms with Gasteiger partial charge in [0.25, 0.3) is 0 Å². The highest BCUT2D eigenvalue weighted by atomic mass is 16.5. The molecule has 0 radical (unpaired) electrons. The fraction of sp³-hybridized carbons (Fsp3) is 0.526. The van der Waals surface area contributed by atoms with Crippen LogP contribution >= 0.6 is 0 Å². The van der Waals surface area contributed by atoms with Crippen molar-refractivity contribution in [3.63, 3.8) is 0 Å². The van der Waals surface area contributed by atoms with Crippen LogP contribution in [0.15, 0.2) is 30.5 Å². The third kappa shape index (κ3) is 3.42. The molecule has 4 heteroatoms. The Morgan fingerprint density at radius 2 is 2.04 bits per heavy atom. The van der Waals surface area contributed by atoms with E-state index < -0.39 is 0 Å². The molecular weight excluding hydrogens is 288 g/mol. The predicted octanol–water partition coefficient (Wildman–Crippen LogP) is 3.86. The second-order valence-corrected chi connectivity index (χ2v) is 6.41. The van der Waals surface area contributed by atoms with E-state index in [4.69, 9.17) is 4.74 Å². The lowest BCUT2D eigenvalue weighted by molar-refractivity contribution is 0.0601. The van der Waals surface area contributed by atoms with E-state index in [9.17, 15) is 4.79 Å². The number of methoxy groups -OCH3 is 1. The van der Waals surface area contributed by atoms with Crippen LogP contribution in [0.3, 0.4) is 0 Å². The SMILES string of the molecule is CCCCN1CCC(n2ccc3cc(C(=O)OC)ccc32)CC1. The molecular formula is C19H26N2O2. The van der Waals surface area contributed by atoms with Gasteiger partial charge in [-0.15, -0.1) is 0 Å². The van der Waals surface area contributed by atoms with Crippen molar-refractivity contribution in [2.24, 2.45) is 0 Å². The normalized spacial score (nSPS) is 16.8. The molecule has 0 unspecified atom stereocenters. The van der Waals surface area contributed by atoms with E-state index in [2.05, 4.69) is 28.7 Å². The first kappa shape index (κ1) is 16.1. The average Bonchev–Trinajstić information content (AvgIpc) is 3.02. The topological polar surface area (TPSA) is 34.5 Å². The van der Waals surface area contributed by atoms with Gasteiger partial charge in [-0.1, -0.05) is 13.3 Å². The maximum atomic E-state index is 11.7.